The van der Waals surface area contributed by atoms with Crippen LogP contribution in [0.5, 0.6) is 0 Å². The molecule has 112 valence electrons. The number of hydrogen-bond acceptors (Lipinski definition) is 5. The SMILES string of the molecule is CCCn1nc(C)c([N+](=O)[O-])c1NC1CCCC1CO. The van der Waals surface area contributed by atoms with Crippen LogP contribution in [-0.4, -0.2) is 32.5 Å². The van der Waals surface area contributed by atoms with E-state index < -0.39 is 0 Å². The summed E-state index contributed by atoms with van der Waals surface area (Å²) in [5.74, 6) is 0.652. The van der Waals surface area contributed by atoms with E-state index in [-0.39, 0.29) is 29.2 Å². The molecule has 0 radical (unpaired) electrons. The Bertz CT molecular complexity index is 486. The van der Waals surface area contributed by atoms with Gasteiger partial charge in [-0.2, -0.15) is 5.10 Å². The molecule has 2 atom stereocenters. The van der Waals surface area contributed by atoms with Gasteiger partial charge in [0.2, 0.25) is 5.82 Å². The van der Waals surface area contributed by atoms with Crippen molar-refractivity contribution in [3.05, 3.63) is 15.8 Å². The van der Waals surface area contributed by atoms with Gasteiger partial charge in [0.1, 0.15) is 5.69 Å². The highest BCUT2D eigenvalue weighted by molar-refractivity contribution is 5.60. The van der Waals surface area contributed by atoms with E-state index in [4.69, 9.17) is 0 Å². The molecule has 0 spiro atoms. The smallest absolute Gasteiger partial charge is 0.333 e. The highest BCUT2D eigenvalue weighted by Crippen LogP contribution is 2.33. The van der Waals surface area contributed by atoms with Gasteiger partial charge in [0.05, 0.1) is 4.92 Å². The van der Waals surface area contributed by atoms with Crippen molar-refractivity contribution in [2.45, 2.75) is 52.1 Å². The molecule has 1 aromatic rings. The highest BCUT2D eigenvalue weighted by Gasteiger charge is 2.32. The number of aliphatic hydroxyl groups excluding tert-OH is 1. The maximum atomic E-state index is 11.2. The zero-order valence-corrected chi connectivity index (χ0v) is 12.0. The van der Waals surface area contributed by atoms with Crippen LogP contribution >= 0.6 is 0 Å². The van der Waals surface area contributed by atoms with Crippen molar-refractivity contribution in [3.63, 3.8) is 0 Å². The number of aromatic nitrogens is 2. The maximum Gasteiger partial charge on any atom is 0.333 e. The lowest BCUT2D eigenvalue weighted by Crippen LogP contribution is -2.28. The molecule has 1 heterocycles. The van der Waals surface area contributed by atoms with E-state index >= 15 is 0 Å². The molecular formula is C13H22N4O3. The Hall–Kier alpha value is -1.63. The number of aryl methyl sites for hydroxylation is 2. The minimum atomic E-state index is -0.375. The minimum absolute atomic E-state index is 0.0574. The first kappa shape index (κ1) is 14.8. The largest absolute Gasteiger partial charge is 0.396 e. The predicted octanol–water partition coefficient (Wildman–Crippen LogP) is 2.08. The normalized spacial score (nSPS) is 22.1. The van der Waals surface area contributed by atoms with Crippen molar-refractivity contribution in [3.8, 4) is 0 Å². The molecule has 1 saturated carbocycles. The summed E-state index contributed by atoms with van der Waals surface area (Å²) in [7, 11) is 0. The van der Waals surface area contributed by atoms with E-state index in [9.17, 15) is 15.2 Å². The van der Waals surface area contributed by atoms with Gasteiger partial charge in [-0.3, -0.25) is 10.1 Å². The van der Waals surface area contributed by atoms with E-state index in [0.717, 1.165) is 25.7 Å². The number of nitro groups is 1. The molecule has 0 saturated heterocycles. The van der Waals surface area contributed by atoms with Crippen molar-refractivity contribution < 1.29 is 10.0 Å². The van der Waals surface area contributed by atoms with Gasteiger partial charge in [0, 0.05) is 25.1 Å². The number of anilines is 1. The van der Waals surface area contributed by atoms with Gasteiger partial charge in [0.15, 0.2) is 0 Å². The van der Waals surface area contributed by atoms with Crippen LogP contribution in [-0.2, 0) is 6.54 Å². The van der Waals surface area contributed by atoms with Crippen LogP contribution in [0.25, 0.3) is 0 Å². The minimum Gasteiger partial charge on any atom is -0.396 e. The second-order valence-electron chi connectivity index (χ2n) is 5.39. The monoisotopic (exact) mass is 282 g/mol. The van der Waals surface area contributed by atoms with Gasteiger partial charge in [-0.25, -0.2) is 4.68 Å². The van der Waals surface area contributed by atoms with Gasteiger partial charge in [-0.15, -0.1) is 0 Å². The van der Waals surface area contributed by atoms with Crippen LogP contribution in [0.3, 0.4) is 0 Å². The fourth-order valence-electron chi connectivity index (χ4n) is 2.93. The van der Waals surface area contributed by atoms with Crippen molar-refractivity contribution >= 4 is 11.5 Å². The van der Waals surface area contributed by atoms with Crippen LogP contribution in [0, 0.1) is 23.0 Å². The quantitative estimate of drug-likeness (QED) is 0.615. The fraction of sp³-hybridized carbons (Fsp3) is 0.769. The Labute approximate surface area is 118 Å². The summed E-state index contributed by atoms with van der Waals surface area (Å²) < 4.78 is 1.68. The first-order valence-corrected chi connectivity index (χ1v) is 7.17. The summed E-state index contributed by atoms with van der Waals surface area (Å²) in [5, 5.41) is 28.2. The molecule has 20 heavy (non-hydrogen) atoms. The van der Waals surface area contributed by atoms with Crippen molar-refractivity contribution in [2.75, 3.05) is 11.9 Å². The van der Waals surface area contributed by atoms with Gasteiger partial charge in [0.25, 0.3) is 0 Å². The Balaban J connectivity index is 2.30. The molecule has 1 fully saturated rings. The predicted molar refractivity (Wildman–Crippen MR) is 75.7 cm³/mol. The lowest BCUT2D eigenvalue weighted by atomic mass is 10.1. The Morgan fingerprint density at radius 1 is 1.55 bits per heavy atom. The molecule has 0 aromatic carbocycles. The topological polar surface area (TPSA) is 93.2 Å². The van der Waals surface area contributed by atoms with Gasteiger partial charge in [-0.1, -0.05) is 13.3 Å². The standard InChI is InChI=1S/C13H22N4O3/c1-3-7-16-13(12(17(19)20)9(2)15-16)14-11-6-4-5-10(11)8-18/h10-11,14,18H,3-8H2,1-2H3. The Morgan fingerprint density at radius 2 is 2.30 bits per heavy atom. The third-order valence-electron chi connectivity index (χ3n) is 3.93. The average Bonchev–Trinajstić information content (AvgIpc) is 2.95. The van der Waals surface area contributed by atoms with Crippen molar-refractivity contribution in [1.82, 2.24) is 9.78 Å². The number of aliphatic hydroxyl groups is 1. The lowest BCUT2D eigenvalue weighted by molar-refractivity contribution is -0.384. The zero-order chi connectivity index (χ0) is 14.7. The van der Waals surface area contributed by atoms with Crippen LogP contribution in [0.15, 0.2) is 0 Å². The summed E-state index contributed by atoms with van der Waals surface area (Å²) in [6.07, 6.45) is 3.79. The molecule has 0 aliphatic heterocycles. The van der Waals surface area contributed by atoms with E-state index in [1.165, 1.54) is 0 Å². The summed E-state index contributed by atoms with van der Waals surface area (Å²) in [4.78, 5) is 10.9. The Kier molecular flexibility index (Phi) is 4.59. The van der Waals surface area contributed by atoms with Gasteiger partial charge < -0.3 is 10.4 Å². The molecule has 1 aliphatic rings. The molecule has 1 aliphatic carbocycles. The summed E-state index contributed by atoms with van der Waals surface area (Å²) in [5.41, 5.74) is 0.492. The van der Waals surface area contributed by atoms with Crippen LogP contribution in [0.4, 0.5) is 11.5 Å². The molecule has 7 heteroatoms. The molecular weight excluding hydrogens is 260 g/mol. The number of nitrogens with one attached hydrogen (secondary N) is 1. The van der Waals surface area contributed by atoms with Crippen molar-refractivity contribution in [2.24, 2.45) is 5.92 Å². The molecule has 0 amide bonds. The first-order valence-electron chi connectivity index (χ1n) is 7.17. The van der Waals surface area contributed by atoms with Crippen LogP contribution in [0.1, 0.15) is 38.3 Å². The third kappa shape index (κ3) is 2.77. The molecule has 0 bridgehead atoms. The summed E-state index contributed by atoms with van der Waals surface area (Å²) in [6, 6.07) is 0.0883. The molecule has 2 unspecified atom stereocenters. The summed E-state index contributed by atoms with van der Waals surface area (Å²) in [6.45, 7) is 4.44. The highest BCUT2D eigenvalue weighted by atomic mass is 16.6. The van der Waals surface area contributed by atoms with Gasteiger partial charge in [-0.05, 0) is 26.2 Å². The number of nitrogens with zero attached hydrogens (tertiary/aromatic N) is 3. The molecule has 7 nitrogen and oxygen atoms in total. The molecule has 2 N–H and O–H groups in total. The molecule has 1 aromatic heterocycles. The second kappa shape index (κ2) is 6.21. The lowest BCUT2D eigenvalue weighted by Gasteiger charge is -2.20. The summed E-state index contributed by atoms with van der Waals surface area (Å²) >= 11 is 0. The third-order valence-corrected chi connectivity index (χ3v) is 3.93. The van der Waals surface area contributed by atoms with Crippen molar-refractivity contribution in [1.29, 1.82) is 0 Å². The molecule has 2 rings (SSSR count). The zero-order valence-electron chi connectivity index (χ0n) is 12.0. The fourth-order valence-corrected chi connectivity index (χ4v) is 2.93. The number of rotatable bonds is 6. The second-order valence-corrected chi connectivity index (χ2v) is 5.39. The average molecular weight is 282 g/mol. The van der Waals surface area contributed by atoms with Gasteiger partial charge >= 0.3 is 5.69 Å². The van der Waals surface area contributed by atoms with E-state index in [2.05, 4.69) is 10.4 Å². The van der Waals surface area contributed by atoms with E-state index in [0.29, 0.717) is 18.1 Å². The number of hydrogen-bond donors (Lipinski definition) is 2. The van der Waals surface area contributed by atoms with Crippen LogP contribution in [0.2, 0.25) is 0 Å². The Morgan fingerprint density at radius 3 is 2.90 bits per heavy atom. The van der Waals surface area contributed by atoms with Crippen LogP contribution < -0.4 is 5.32 Å². The maximum absolute atomic E-state index is 11.2. The van der Waals surface area contributed by atoms with E-state index in [1.54, 1.807) is 11.6 Å². The first-order chi connectivity index (χ1) is 9.58. The van der Waals surface area contributed by atoms with E-state index in [1.807, 2.05) is 6.92 Å².